The maximum atomic E-state index is 14.0. The van der Waals surface area contributed by atoms with Crippen LogP contribution in [0, 0.1) is 5.82 Å². The average molecular weight is 418 g/mol. The van der Waals surface area contributed by atoms with Crippen LogP contribution in [0.15, 0.2) is 72.8 Å². The second kappa shape index (κ2) is 7.99. The Hall–Kier alpha value is -4.06. The van der Waals surface area contributed by atoms with Gasteiger partial charge < -0.3 is 20.1 Å². The molecule has 0 radical (unpaired) electrons. The number of rotatable bonds is 5. The van der Waals surface area contributed by atoms with Crippen molar-refractivity contribution in [1.82, 2.24) is 0 Å². The highest BCUT2D eigenvalue weighted by Crippen LogP contribution is 2.41. The van der Waals surface area contributed by atoms with E-state index < -0.39 is 23.5 Å². The third-order valence-corrected chi connectivity index (χ3v) is 5.18. The third-order valence-electron chi connectivity index (χ3n) is 5.18. The Balaban J connectivity index is 1.82. The fraction of sp³-hybridized carbons (Fsp3) is 0.0800. The molecule has 0 aliphatic heterocycles. The van der Waals surface area contributed by atoms with Crippen LogP contribution in [0.1, 0.15) is 18.4 Å². The van der Waals surface area contributed by atoms with E-state index in [-0.39, 0.29) is 5.75 Å². The molecule has 4 aromatic carbocycles. The van der Waals surface area contributed by atoms with E-state index in [1.165, 1.54) is 18.2 Å². The Bertz CT molecular complexity index is 1280. The van der Waals surface area contributed by atoms with Crippen molar-refractivity contribution in [3.63, 3.8) is 0 Å². The van der Waals surface area contributed by atoms with Gasteiger partial charge in [-0.15, -0.1) is 0 Å². The van der Waals surface area contributed by atoms with Crippen LogP contribution >= 0.6 is 0 Å². The summed E-state index contributed by atoms with van der Waals surface area (Å²) < 4.78 is 20.2. The van der Waals surface area contributed by atoms with Crippen LogP contribution in [0.3, 0.4) is 0 Å². The minimum absolute atomic E-state index is 0.105. The van der Waals surface area contributed by atoms with E-state index in [1.54, 1.807) is 61.5 Å². The normalized spacial score (nSPS) is 11.9. The molecule has 0 amide bonds. The van der Waals surface area contributed by atoms with Crippen molar-refractivity contribution in [2.45, 2.75) is 12.8 Å². The van der Waals surface area contributed by atoms with Crippen molar-refractivity contribution < 1.29 is 29.2 Å². The first-order valence-corrected chi connectivity index (χ1v) is 9.58. The van der Waals surface area contributed by atoms with Gasteiger partial charge >= 0.3 is 5.97 Å². The standard InChI is InChI=1S/C25H19FO5/c1-14(25(29)30)15-2-7-19(8-3-15)31-24-20(17-5-11-23(28)22(26)13-17)9-4-16-12-18(27)6-10-21(16)24/h2-14,27-28H,1H3,(H,29,30). The number of halogens is 1. The summed E-state index contributed by atoms with van der Waals surface area (Å²) in [5.41, 5.74) is 1.75. The second-order valence-corrected chi connectivity index (χ2v) is 7.24. The second-order valence-electron chi connectivity index (χ2n) is 7.24. The molecule has 0 saturated heterocycles. The first-order chi connectivity index (χ1) is 14.8. The average Bonchev–Trinajstić information content (AvgIpc) is 2.75. The quantitative estimate of drug-likeness (QED) is 0.368. The van der Waals surface area contributed by atoms with E-state index in [9.17, 15) is 24.5 Å². The Morgan fingerprint density at radius 3 is 2.35 bits per heavy atom. The van der Waals surface area contributed by atoms with E-state index >= 15 is 0 Å². The Kier molecular flexibility index (Phi) is 5.21. The molecule has 31 heavy (non-hydrogen) atoms. The van der Waals surface area contributed by atoms with Crippen molar-refractivity contribution in [3.8, 4) is 34.1 Å². The molecule has 4 aromatic rings. The van der Waals surface area contributed by atoms with Crippen LogP contribution in [-0.2, 0) is 4.79 Å². The number of aromatic hydroxyl groups is 2. The number of fused-ring (bicyclic) bond motifs is 1. The zero-order chi connectivity index (χ0) is 22.1. The number of carbonyl (C=O) groups is 1. The van der Waals surface area contributed by atoms with Crippen LogP contribution in [0.5, 0.6) is 23.0 Å². The summed E-state index contributed by atoms with van der Waals surface area (Å²) >= 11 is 0. The molecule has 1 unspecified atom stereocenters. The zero-order valence-electron chi connectivity index (χ0n) is 16.5. The predicted octanol–water partition coefficient (Wildman–Crippen LogP) is 6.04. The number of carboxylic acids is 1. The highest BCUT2D eigenvalue weighted by molar-refractivity contribution is 5.96. The molecule has 0 saturated carbocycles. The van der Waals surface area contributed by atoms with Gasteiger partial charge in [0, 0.05) is 10.9 Å². The van der Waals surface area contributed by atoms with Gasteiger partial charge in [0.05, 0.1) is 5.92 Å². The predicted molar refractivity (Wildman–Crippen MR) is 115 cm³/mol. The molecular weight excluding hydrogens is 399 g/mol. The zero-order valence-corrected chi connectivity index (χ0v) is 16.5. The lowest BCUT2D eigenvalue weighted by Crippen LogP contribution is -2.06. The van der Waals surface area contributed by atoms with Gasteiger partial charge in [0.2, 0.25) is 0 Å². The van der Waals surface area contributed by atoms with Gasteiger partial charge in [-0.2, -0.15) is 0 Å². The molecule has 1 atom stereocenters. The number of aliphatic carboxylic acids is 1. The number of phenolic OH excluding ortho intramolecular Hbond substituents is 2. The van der Waals surface area contributed by atoms with Gasteiger partial charge in [-0.25, -0.2) is 4.39 Å². The number of hydrogen-bond donors (Lipinski definition) is 3. The van der Waals surface area contributed by atoms with Crippen LogP contribution in [0.4, 0.5) is 4.39 Å². The number of hydrogen-bond acceptors (Lipinski definition) is 4. The van der Waals surface area contributed by atoms with E-state index in [2.05, 4.69) is 0 Å². The lowest BCUT2D eigenvalue weighted by Gasteiger charge is -2.16. The van der Waals surface area contributed by atoms with E-state index in [1.807, 2.05) is 0 Å². The number of phenols is 2. The summed E-state index contributed by atoms with van der Waals surface area (Å²) in [6, 6.07) is 19.2. The maximum Gasteiger partial charge on any atom is 0.310 e. The van der Waals surface area contributed by atoms with E-state index in [0.717, 1.165) is 5.39 Å². The Labute approximate surface area is 177 Å². The van der Waals surface area contributed by atoms with Gasteiger partial charge in [0.15, 0.2) is 11.6 Å². The molecule has 6 heteroatoms. The molecule has 4 rings (SSSR count). The summed E-state index contributed by atoms with van der Waals surface area (Å²) in [6.45, 7) is 1.60. The summed E-state index contributed by atoms with van der Waals surface area (Å²) in [6.07, 6.45) is 0. The summed E-state index contributed by atoms with van der Waals surface area (Å²) in [5, 5.41) is 30.0. The van der Waals surface area contributed by atoms with Gasteiger partial charge in [0.25, 0.3) is 0 Å². The minimum Gasteiger partial charge on any atom is -0.508 e. The monoisotopic (exact) mass is 418 g/mol. The highest BCUT2D eigenvalue weighted by Gasteiger charge is 2.16. The molecular formula is C25H19FO5. The fourth-order valence-electron chi connectivity index (χ4n) is 3.39. The molecule has 5 nitrogen and oxygen atoms in total. The maximum absolute atomic E-state index is 14.0. The summed E-state index contributed by atoms with van der Waals surface area (Å²) in [4.78, 5) is 11.2. The van der Waals surface area contributed by atoms with Gasteiger partial charge in [0.1, 0.15) is 17.2 Å². The number of benzene rings is 4. The van der Waals surface area contributed by atoms with Crippen molar-refractivity contribution in [1.29, 1.82) is 0 Å². The van der Waals surface area contributed by atoms with Crippen LogP contribution < -0.4 is 4.74 Å². The molecule has 0 aliphatic carbocycles. The van der Waals surface area contributed by atoms with Crippen molar-refractivity contribution >= 4 is 16.7 Å². The van der Waals surface area contributed by atoms with Gasteiger partial charge in [-0.3, -0.25) is 4.79 Å². The minimum atomic E-state index is -0.917. The lowest BCUT2D eigenvalue weighted by atomic mass is 9.99. The van der Waals surface area contributed by atoms with Crippen molar-refractivity contribution in [3.05, 3.63) is 84.2 Å². The van der Waals surface area contributed by atoms with E-state index in [4.69, 9.17) is 4.74 Å². The fourth-order valence-corrected chi connectivity index (χ4v) is 3.39. The molecule has 0 heterocycles. The summed E-state index contributed by atoms with van der Waals surface area (Å²) in [5.74, 6) is -1.73. The molecule has 0 bridgehead atoms. The number of carboxylic acid groups (broad SMARTS) is 1. The number of ether oxygens (including phenoxy) is 1. The molecule has 0 fully saturated rings. The summed E-state index contributed by atoms with van der Waals surface area (Å²) in [7, 11) is 0. The van der Waals surface area contributed by atoms with Crippen molar-refractivity contribution in [2.75, 3.05) is 0 Å². The molecule has 0 aliphatic rings. The van der Waals surface area contributed by atoms with Crippen LogP contribution in [0.25, 0.3) is 21.9 Å². The Morgan fingerprint density at radius 2 is 1.68 bits per heavy atom. The first-order valence-electron chi connectivity index (χ1n) is 9.58. The van der Waals surface area contributed by atoms with E-state index in [0.29, 0.717) is 33.6 Å². The molecule has 3 N–H and O–H groups in total. The van der Waals surface area contributed by atoms with Gasteiger partial charge in [-0.1, -0.05) is 24.3 Å². The molecule has 0 aromatic heterocycles. The van der Waals surface area contributed by atoms with Gasteiger partial charge in [-0.05, 0) is 72.0 Å². The SMILES string of the molecule is CC(C(=O)O)c1ccc(Oc2c(-c3ccc(O)c(F)c3)ccc3cc(O)ccc23)cc1. The van der Waals surface area contributed by atoms with Crippen molar-refractivity contribution in [2.24, 2.45) is 0 Å². The lowest BCUT2D eigenvalue weighted by molar-refractivity contribution is -0.138. The highest BCUT2D eigenvalue weighted by atomic mass is 19.1. The molecule has 156 valence electrons. The first kappa shape index (κ1) is 20.2. The smallest absolute Gasteiger partial charge is 0.310 e. The largest absolute Gasteiger partial charge is 0.508 e. The molecule has 0 spiro atoms. The van der Waals surface area contributed by atoms with Crippen LogP contribution in [-0.4, -0.2) is 21.3 Å². The topological polar surface area (TPSA) is 87.0 Å². The third kappa shape index (κ3) is 4.00. The van der Waals surface area contributed by atoms with Crippen LogP contribution in [0.2, 0.25) is 0 Å². The Morgan fingerprint density at radius 1 is 0.935 bits per heavy atom.